The molecular weight excluding hydrogens is 358 g/mol. The number of para-hydroxylation sites is 1. The summed E-state index contributed by atoms with van der Waals surface area (Å²) >= 11 is 0. The number of anilines is 2. The predicted molar refractivity (Wildman–Crippen MR) is 104 cm³/mol. The Morgan fingerprint density at radius 1 is 0.929 bits per heavy atom. The molecule has 0 saturated carbocycles. The Labute approximate surface area is 162 Å². The Balaban J connectivity index is 1.60. The first-order chi connectivity index (χ1) is 13.5. The molecule has 0 aliphatic carbocycles. The van der Waals surface area contributed by atoms with Crippen molar-refractivity contribution in [2.75, 3.05) is 17.0 Å². The van der Waals surface area contributed by atoms with E-state index in [9.17, 15) is 14.4 Å². The number of imide groups is 1. The van der Waals surface area contributed by atoms with Crippen molar-refractivity contribution in [3.8, 4) is 5.75 Å². The van der Waals surface area contributed by atoms with E-state index in [2.05, 4.69) is 5.10 Å². The standard InChI is InChI=1S/C21H19N3O4/c1-13-19(21(27)24(22-13)15-6-4-3-5-7-15)17-12-18(25)23(20(17)26)14-8-10-16(28-2)11-9-14/h3-11,17,19H,12H2,1-2H3/t17-,19-/m1/s1. The molecule has 0 aromatic heterocycles. The van der Waals surface area contributed by atoms with Crippen molar-refractivity contribution in [3.63, 3.8) is 0 Å². The largest absolute Gasteiger partial charge is 0.497 e. The van der Waals surface area contributed by atoms with Gasteiger partial charge in [0, 0.05) is 12.1 Å². The number of carbonyl (C=O) groups is 3. The van der Waals surface area contributed by atoms with Crippen molar-refractivity contribution in [3.05, 3.63) is 54.6 Å². The zero-order valence-electron chi connectivity index (χ0n) is 15.5. The number of amides is 3. The van der Waals surface area contributed by atoms with E-state index in [1.54, 1.807) is 50.4 Å². The van der Waals surface area contributed by atoms with Crippen LogP contribution in [-0.2, 0) is 14.4 Å². The number of methoxy groups -OCH3 is 1. The third-order valence-corrected chi connectivity index (χ3v) is 5.10. The molecular formula is C21H19N3O4. The lowest BCUT2D eigenvalue weighted by molar-refractivity contribution is -0.127. The number of rotatable bonds is 4. The molecule has 7 heteroatoms. The van der Waals surface area contributed by atoms with Crippen LogP contribution in [-0.4, -0.2) is 30.5 Å². The summed E-state index contributed by atoms with van der Waals surface area (Å²) in [6, 6.07) is 15.7. The molecule has 0 N–H and O–H groups in total. The van der Waals surface area contributed by atoms with Crippen LogP contribution < -0.4 is 14.6 Å². The van der Waals surface area contributed by atoms with Crippen LogP contribution >= 0.6 is 0 Å². The molecule has 7 nitrogen and oxygen atoms in total. The van der Waals surface area contributed by atoms with Gasteiger partial charge in [0.1, 0.15) is 5.75 Å². The van der Waals surface area contributed by atoms with Crippen molar-refractivity contribution in [1.29, 1.82) is 0 Å². The Morgan fingerprint density at radius 2 is 1.61 bits per heavy atom. The molecule has 142 valence electrons. The Hall–Kier alpha value is -3.48. The minimum absolute atomic E-state index is 0.0171. The summed E-state index contributed by atoms with van der Waals surface area (Å²) in [5.74, 6) is -1.84. The van der Waals surface area contributed by atoms with Crippen LogP contribution in [0.3, 0.4) is 0 Å². The van der Waals surface area contributed by atoms with Crippen molar-refractivity contribution < 1.29 is 19.1 Å². The van der Waals surface area contributed by atoms with Gasteiger partial charge in [-0.2, -0.15) is 5.10 Å². The normalized spacial score (nSPS) is 22.1. The SMILES string of the molecule is COc1ccc(N2C(=O)C[C@H]([C@@H]3C(=O)N(c4ccccc4)N=C3C)C2=O)cc1. The molecule has 1 saturated heterocycles. The predicted octanol–water partition coefficient (Wildman–Crippen LogP) is 2.61. The monoisotopic (exact) mass is 377 g/mol. The second-order valence-electron chi connectivity index (χ2n) is 6.78. The van der Waals surface area contributed by atoms with Crippen LogP contribution in [0.5, 0.6) is 5.75 Å². The zero-order chi connectivity index (χ0) is 19.8. The van der Waals surface area contributed by atoms with Crippen molar-refractivity contribution in [2.45, 2.75) is 13.3 Å². The molecule has 0 unspecified atom stereocenters. The molecule has 2 atom stereocenters. The molecule has 1 fully saturated rings. The minimum atomic E-state index is -0.750. The highest BCUT2D eigenvalue weighted by Crippen LogP contribution is 2.36. The number of hydrogen-bond donors (Lipinski definition) is 0. The quantitative estimate of drug-likeness (QED) is 0.767. The highest BCUT2D eigenvalue weighted by molar-refractivity contribution is 6.25. The maximum atomic E-state index is 13.0. The maximum absolute atomic E-state index is 13.0. The summed E-state index contributed by atoms with van der Waals surface area (Å²) in [5.41, 5.74) is 1.65. The molecule has 0 spiro atoms. The van der Waals surface area contributed by atoms with Gasteiger partial charge in [-0.1, -0.05) is 18.2 Å². The van der Waals surface area contributed by atoms with Crippen LogP contribution in [0.15, 0.2) is 59.7 Å². The van der Waals surface area contributed by atoms with Crippen LogP contribution in [0.1, 0.15) is 13.3 Å². The third-order valence-electron chi connectivity index (χ3n) is 5.10. The van der Waals surface area contributed by atoms with Gasteiger partial charge >= 0.3 is 0 Å². The average Bonchev–Trinajstić information content (AvgIpc) is 3.17. The van der Waals surface area contributed by atoms with Gasteiger partial charge in [-0.05, 0) is 43.3 Å². The second kappa shape index (κ2) is 6.92. The van der Waals surface area contributed by atoms with Gasteiger partial charge in [0.25, 0.3) is 5.91 Å². The van der Waals surface area contributed by atoms with Crippen LogP contribution in [0.4, 0.5) is 11.4 Å². The number of benzene rings is 2. The first-order valence-corrected chi connectivity index (χ1v) is 8.96. The lowest BCUT2D eigenvalue weighted by Gasteiger charge is -2.19. The van der Waals surface area contributed by atoms with Gasteiger partial charge in [-0.3, -0.25) is 19.3 Å². The minimum Gasteiger partial charge on any atom is -0.497 e. The summed E-state index contributed by atoms with van der Waals surface area (Å²) in [5, 5.41) is 5.66. The molecule has 2 heterocycles. The van der Waals surface area contributed by atoms with E-state index in [0.717, 1.165) is 4.90 Å². The fraction of sp³-hybridized carbons (Fsp3) is 0.238. The van der Waals surface area contributed by atoms with E-state index in [1.165, 1.54) is 5.01 Å². The second-order valence-corrected chi connectivity index (χ2v) is 6.78. The smallest absolute Gasteiger partial charge is 0.257 e. The van der Waals surface area contributed by atoms with E-state index >= 15 is 0 Å². The molecule has 2 aromatic rings. The molecule has 0 radical (unpaired) electrons. The third kappa shape index (κ3) is 2.85. The van der Waals surface area contributed by atoms with E-state index in [-0.39, 0.29) is 24.1 Å². The van der Waals surface area contributed by atoms with Crippen LogP contribution in [0, 0.1) is 11.8 Å². The van der Waals surface area contributed by atoms with E-state index < -0.39 is 11.8 Å². The molecule has 28 heavy (non-hydrogen) atoms. The van der Waals surface area contributed by atoms with Crippen molar-refractivity contribution in [2.24, 2.45) is 16.9 Å². The fourth-order valence-corrected chi connectivity index (χ4v) is 3.72. The lowest BCUT2D eigenvalue weighted by Crippen LogP contribution is -2.37. The fourth-order valence-electron chi connectivity index (χ4n) is 3.72. The Bertz CT molecular complexity index is 969. The Morgan fingerprint density at radius 3 is 2.25 bits per heavy atom. The summed E-state index contributed by atoms with van der Waals surface area (Å²) in [6.07, 6.45) is -0.0171. The van der Waals surface area contributed by atoms with Gasteiger partial charge in [0.15, 0.2) is 0 Å². The maximum Gasteiger partial charge on any atom is 0.257 e. The molecule has 2 aromatic carbocycles. The molecule has 2 aliphatic rings. The molecule has 4 rings (SSSR count). The topological polar surface area (TPSA) is 79.3 Å². The number of nitrogens with zero attached hydrogens (tertiary/aromatic N) is 3. The highest BCUT2D eigenvalue weighted by Gasteiger charge is 2.50. The van der Waals surface area contributed by atoms with Crippen molar-refractivity contribution in [1.82, 2.24) is 0 Å². The van der Waals surface area contributed by atoms with E-state index in [0.29, 0.717) is 22.8 Å². The van der Waals surface area contributed by atoms with Crippen LogP contribution in [0.25, 0.3) is 0 Å². The highest BCUT2D eigenvalue weighted by atomic mass is 16.5. The van der Waals surface area contributed by atoms with Gasteiger partial charge in [-0.25, -0.2) is 5.01 Å². The lowest BCUT2D eigenvalue weighted by atomic mass is 9.87. The van der Waals surface area contributed by atoms with Gasteiger partial charge in [0.05, 0.1) is 30.3 Å². The van der Waals surface area contributed by atoms with E-state index in [1.807, 2.05) is 18.2 Å². The summed E-state index contributed by atoms with van der Waals surface area (Å²) < 4.78 is 5.12. The number of hydrazone groups is 1. The summed E-state index contributed by atoms with van der Waals surface area (Å²) in [4.78, 5) is 39.8. The number of hydrogen-bond acceptors (Lipinski definition) is 5. The molecule has 2 aliphatic heterocycles. The van der Waals surface area contributed by atoms with Gasteiger partial charge < -0.3 is 4.74 Å². The van der Waals surface area contributed by atoms with Gasteiger partial charge in [0.2, 0.25) is 11.8 Å². The number of ether oxygens (including phenoxy) is 1. The van der Waals surface area contributed by atoms with E-state index in [4.69, 9.17) is 4.74 Å². The average molecular weight is 377 g/mol. The summed E-state index contributed by atoms with van der Waals surface area (Å²) in [7, 11) is 1.55. The van der Waals surface area contributed by atoms with Crippen molar-refractivity contribution >= 4 is 34.8 Å². The Kier molecular flexibility index (Phi) is 4.43. The molecule has 0 bridgehead atoms. The summed E-state index contributed by atoms with van der Waals surface area (Å²) in [6.45, 7) is 1.72. The van der Waals surface area contributed by atoms with Gasteiger partial charge in [-0.15, -0.1) is 0 Å². The zero-order valence-corrected chi connectivity index (χ0v) is 15.5. The first kappa shape index (κ1) is 17.9. The first-order valence-electron chi connectivity index (χ1n) is 8.96. The molecule has 3 amide bonds. The van der Waals surface area contributed by atoms with Crippen LogP contribution in [0.2, 0.25) is 0 Å². The number of carbonyl (C=O) groups excluding carboxylic acids is 3.